The average molecular weight is 705 g/mol. The SMILES string of the molecule is c1ccc(-c2nc3ccc4ccc5ccc(-c6cccc(N(c7ccccc7)c7cccc(-c8cccc9oc%10ccccc%10c89)c7)c6)cc5c4c3o2)cc1. The van der Waals surface area contributed by atoms with Crippen LogP contribution in [-0.4, -0.2) is 4.98 Å². The van der Waals surface area contributed by atoms with Gasteiger partial charge < -0.3 is 13.7 Å². The first-order valence-corrected chi connectivity index (χ1v) is 18.5. The number of para-hydroxylation sites is 2. The number of furan rings is 1. The van der Waals surface area contributed by atoms with Gasteiger partial charge in [-0.15, -0.1) is 0 Å². The Kier molecular flexibility index (Phi) is 7.14. The second-order valence-electron chi connectivity index (χ2n) is 13.9. The van der Waals surface area contributed by atoms with Gasteiger partial charge in [-0.3, -0.25) is 0 Å². The fraction of sp³-hybridized carbons (Fsp3) is 0. The van der Waals surface area contributed by atoms with Crippen molar-refractivity contribution in [1.29, 1.82) is 0 Å². The summed E-state index contributed by atoms with van der Waals surface area (Å²) in [5.41, 5.74) is 12.1. The third kappa shape index (κ3) is 5.26. The van der Waals surface area contributed by atoms with E-state index in [0.717, 1.165) is 99.5 Å². The first-order chi connectivity index (χ1) is 27.2. The van der Waals surface area contributed by atoms with Crippen LogP contribution in [0.4, 0.5) is 17.1 Å². The van der Waals surface area contributed by atoms with Crippen LogP contribution in [0.15, 0.2) is 203 Å². The molecule has 0 aliphatic heterocycles. The fourth-order valence-corrected chi connectivity index (χ4v) is 8.08. The molecule has 11 rings (SSSR count). The van der Waals surface area contributed by atoms with Crippen LogP contribution in [0, 0.1) is 0 Å². The standard InChI is InChI=1S/C51H32N2O2/c1-3-12-35(13-4-1)51-52-45-29-28-34-26-24-33-25-27-37(32-44(33)48(34)50(45)55-51)36-14-9-18-40(30-36)53(39-16-5-2-6-17-39)41-19-10-15-38(31-41)42-21-11-23-47-49(42)43-20-7-8-22-46(43)54-47/h1-32H. The van der Waals surface area contributed by atoms with E-state index in [2.05, 4.69) is 157 Å². The third-order valence-electron chi connectivity index (χ3n) is 10.6. The van der Waals surface area contributed by atoms with E-state index in [9.17, 15) is 0 Å². The minimum atomic E-state index is 0.629. The van der Waals surface area contributed by atoms with E-state index >= 15 is 0 Å². The van der Waals surface area contributed by atoms with E-state index in [-0.39, 0.29) is 0 Å². The van der Waals surface area contributed by atoms with Crippen LogP contribution >= 0.6 is 0 Å². The molecule has 258 valence electrons. The Morgan fingerprint density at radius 1 is 0.382 bits per heavy atom. The van der Waals surface area contributed by atoms with Crippen LogP contribution in [-0.2, 0) is 0 Å². The van der Waals surface area contributed by atoms with E-state index in [0.29, 0.717) is 5.89 Å². The van der Waals surface area contributed by atoms with Crippen LogP contribution in [0.1, 0.15) is 0 Å². The second kappa shape index (κ2) is 12.6. The lowest BCUT2D eigenvalue weighted by molar-refractivity contribution is 0.623. The van der Waals surface area contributed by atoms with Crippen molar-refractivity contribution in [2.24, 2.45) is 0 Å². The van der Waals surface area contributed by atoms with Gasteiger partial charge in [-0.05, 0) is 111 Å². The quantitative estimate of drug-likeness (QED) is 0.162. The number of rotatable bonds is 6. The number of anilines is 3. The molecule has 0 spiro atoms. The molecule has 0 saturated carbocycles. The minimum Gasteiger partial charge on any atom is -0.456 e. The maximum absolute atomic E-state index is 6.53. The smallest absolute Gasteiger partial charge is 0.227 e. The van der Waals surface area contributed by atoms with Crippen molar-refractivity contribution in [3.8, 4) is 33.7 Å². The van der Waals surface area contributed by atoms with Gasteiger partial charge >= 0.3 is 0 Å². The van der Waals surface area contributed by atoms with Gasteiger partial charge in [0, 0.05) is 38.8 Å². The molecule has 0 aliphatic carbocycles. The first kappa shape index (κ1) is 31.1. The maximum atomic E-state index is 6.53. The molecular formula is C51H32N2O2. The van der Waals surface area contributed by atoms with Crippen LogP contribution in [0.5, 0.6) is 0 Å². The van der Waals surface area contributed by atoms with Gasteiger partial charge in [0.15, 0.2) is 5.58 Å². The predicted molar refractivity (Wildman–Crippen MR) is 227 cm³/mol. The fourth-order valence-electron chi connectivity index (χ4n) is 8.08. The zero-order chi connectivity index (χ0) is 36.3. The topological polar surface area (TPSA) is 42.4 Å². The molecule has 0 fully saturated rings. The Labute approximate surface area is 317 Å². The highest BCUT2D eigenvalue weighted by atomic mass is 16.3. The highest BCUT2D eigenvalue weighted by Gasteiger charge is 2.18. The Balaban J connectivity index is 1.05. The van der Waals surface area contributed by atoms with Crippen LogP contribution < -0.4 is 4.90 Å². The normalized spacial score (nSPS) is 11.6. The lowest BCUT2D eigenvalue weighted by Crippen LogP contribution is -2.10. The molecule has 9 aromatic carbocycles. The number of nitrogens with zero attached hydrogens (tertiary/aromatic N) is 2. The number of benzene rings is 9. The zero-order valence-electron chi connectivity index (χ0n) is 29.7. The number of oxazole rings is 1. The van der Waals surface area contributed by atoms with Crippen LogP contribution in [0.2, 0.25) is 0 Å². The third-order valence-corrected chi connectivity index (χ3v) is 10.6. The molecule has 2 heterocycles. The van der Waals surface area contributed by atoms with Crippen molar-refractivity contribution in [3.63, 3.8) is 0 Å². The summed E-state index contributed by atoms with van der Waals surface area (Å²) in [4.78, 5) is 7.22. The molecule has 0 aliphatic rings. The molecule has 4 heteroatoms. The Bertz CT molecular complexity index is 3220. The van der Waals surface area contributed by atoms with E-state index < -0.39 is 0 Å². The second-order valence-corrected chi connectivity index (χ2v) is 13.9. The lowest BCUT2D eigenvalue weighted by Gasteiger charge is -2.26. The van der Waals surface area contributed by atoms with Gasteiger partial charge in [0.2, 0.25) is 5.89 Å². The van der Waals surface area contributed by atoms with E-state index in [1.54, 1.807) is 0 Å². The van der Waals surface area contributed by atoms with Crippen molar-refractivity contribution < 1.29 is 8.83 Å². The zero-order valence-corrected chi connectivity index (χ0v) is 29.7. The molecule has 0 saturated heterocycles. The van der Waals surface area contributed by atoms with Gasteiger partial charge in [-0.25, -0.2) is 4.98 Å². The van der Waals surface area contributed by atoms with Crippen molar-refractivity contribution >= 4 is 71.6 Å². The predicted octanol–water partition coefficient (Wildman–Crippen LogP) is 14.5. The van der Waals surface area contributed by atoms with Gasteiger partial charge in [0.25, 0.3) is 0 Å². The van der Waals surface area contributed by atoms with Crippen molar-refractivity contribution in [2.45, 2.75) is 0 Å². The monoisotopic (exact) mass is 704 g/mol. The van der Waals surface area contributed by atoms with E-state index in [4.69, 9.17) is 13.8 Å². The molecule has 4 nitrogen and oxygen atoms in total. The summed E-state index contributed by atoms with van der Waals surface area (Å²) in [6.07, 6.45) is 0. The molecule has 0 amide bonds. The summed E-state index contributed by atoms with van der Waals surface area (Å²) >= 11 is 0. The Morgan fingerprint density at radius 3 is 1.85 bits per heavy atom. The summed E-state index contributed by atoms with van der Waals surface area (Å²) in [5.74, 6) is 0.629. The summed E-state index contributed by atoms with van der Waals surface area (Å²) < 4.78 is 12.8. The summed E-state index contributed by atoms with van der Waals surface area (Å²) in [6, 6.07) is 68.2. The summed E-state index contributed by atoms with van der Waals surface area (Å²) in [5, 5.41) is 6.74. The van der Waals surface area contributed by atoms with Crippen molar-refractivity contribution in [1.82, 2.24) is 4.98 Å². The van der Waals surface area contributed by atoms with Crippen LogP contribution in [0.3, 0.4) is 0 Å². The van der Waals surface area contributed by atoms with Gasteiger partial charge in [0.05, 0.1) is 0 Å². The van der Waals surface area contributed by atoms with Crippen molar-refractivity contribution in [3.05, 3.63) is 194 Å². The summed E-state index contributed by atoms with van der Waals surface area (Å²) in [7, 11) is 0. The van der Waals surface area contributed by atoms with Crippen LogP contribution in [0.25, 0.3) is 88.3 Å². The average Bonchev–Trinajstić information content (AvgIpc) is 3.87. The molecule has 0 bridgehead atoms. The Hall–Kier alpha value is -7.43. The molecule has 0 radical (unpaired) electrons. The van der Waals surface area contributed by atoms with Crippen molar-refractivity contribution in [2.75, 3.05) is 4.90 Å². The lowest BCUT2D eigenvalue weighted by atomic mass is 9.96. The number of fused-ring (bicyclic) bond motifs is 8. The van der Waals surface area contributed by atoms with Gasteiger partial charge in [-0.1, -0.05) is 121 Å². The highest BCUT2D eigenvalue weighted by molar-refractivity contribution is 6.18. The van der Waals surface area contributed by atoms with E-state index in [1.165, 1.54) is 0 Å². The van der Waals surface area contributed by atoms with E-state index in [1.807, 2.05) is 42.5 Å². The largest absolute Gasteiger partial charge is 0.456 e. The molecular weight excluding hydrogens is 673 g/mol. The highest BCUT2D eigenvalue weighted by Crippen LogP contribution is 2.42. The number of hydrogen-bond donors (Lipinski definition) is 0. The number of aromatic nitrogens is 1. The maximum Gasteiger partial charge on any atom is 0.227 e. The molecule has 0 atom stereocenters. The molecule has 55 heavy (non-hydrogen) atoms. The van der Waals surface area contributed by atoms with Gasteiger partial charge in [-0.2, -0.15) is 0 Å². The summed E-state index contributed by atoms with van der Waals surface area (Å²) in [6.45, 7) is 0. The minimum absolute atomic E-state index is 0.629. The first-order valence-electron chi connectivity index (χ1n) is 18.5. The Morgan fingerprint density at radius 2 is 1.00 bits per heavy atom. The molecule has 0 N–H and O–H groups in total. The molecule has 2 aromatic heterocycles. The van der Waals surface area contributed by atoms with Gasteiger partial charge in [0.1, 0.15) is 16.7 Å². The molecule has 0 unspecified atom stereocenters. The number of hydrogen-bond acceptors (Lipinski definition) is 4. The molecule has 11 aromatic rings.